The number of pyridine rings is 1. The molecule has 2 aromatic rings. The van der Waals surface area contributed by atoms with Crippen LogP contribution in [0.25, 0.3) is 11.3 Å². The van der Waals surface area contributed by atoms with Gasteiger partial charge in [0.15, 0.2) is 0 Å². The predicted molar refractivity (Wildman–Crippen MR) is 58.5 cm³/mol. The van der Waals surface area contributed by atoms with Crippen molar-refractivity contribution in [1.29, 1.82) is 0 Å². The molecule has 2 N–H and O–H groups in total. The standard InChI is InChI=1S/C10H10N2OS/c1-13-9-4-2-3-8(12-9)7-5-6-14-10(7)11/h2-6H,11H2,1H3. The lowest BCUT2D eigenvalue weighted by molar-refractivity contribution is 0.398. The van der Waals surface area contributed by atoms with Crippen molar-refractivity contribution in [2.75, 3.05) is 12.8 Å². The second-order valence-electron chi connectivity index (χ2n) is 2.76. The summed E-state index contributed by atoms with van der Waals surface area (Å²) in [5.41, 5.74) is 7.62. The molecule has 2 aromatic heterocycles. The van der Waals surface area contributed by atoms with Crippen molar-refractivity contribution in [1.82, 2.24) is 4.98 Å². The van der Waals surface area contributed by atoms with E-state index in [0.29, 0.717) is 5.88 Å². The van der Waals surface area contributed by atoms with Gasteiger partial charge in [-0.05, 0) is 17.5 Å². The summed E-state index contributed by atoms with van der Waals surface area (Å²) >= 11 is 1.51. The molecule has 0 saturated carbocycles. The Morgan fingerprint density at radius 1 is 1.36 bits per heavy atom. The summed E-state index contributed by atoms with van der Waals surface area (Å²) in [6, 6.07) is 7.59. The minimum atomic E-state index is 0.605. The lowest BCUT2D eigenvalue weighted by atomic mass is 10.2. The van der Waals surface area contributed by atoms with Crippen LogP contribution in [0.1, 0.15) is 0 Å². The smallest absolute Gasteiger partial charge is 0.213 e. The minimum Gasteiger partial charge on any atom is -0.481 e. The van der Waals surface area contributed by atoms with Gasteiger partial charge in [-0.1, -0.05) is 6.07 Å². The number of nitrogens with zero attached hydrogens (tertiary/aromatic N) is 1. The highest BCUT2D eigenvalue weighted by molar-refractivity contribution is 7.14. The van der Waals surface area contributed by atoms with E-state index in [1.807, 2.05) is 29.6 Å². The molecule has 2 rings (SSSR count). The van der Waals surface area contributed by atoms with Crippen molar-refractivity contribution in [3.63, 3.8) is 0 Å². The molecular formula is C10H10N2OS. The number of thiophene rings is 1. The van der Waals surface area contributed by atoms with Crippen LogP contribution in [0.2, 0.25) is 0 Å². The first-order chi connectivity index (χ1) is 6.81. The molecule has 0 fully saturated rings. The summed E-state index contributed by atoms with van der Waals surface area (Å²) < 4.78 is 5.04. The average Bonchev–Trinajstić information content (AvgIpc) is 2.65. The van der Waals surface area contributed by atoms with Crippen LogP contribution in [0.3, 0.4) is 0 Å². The maximum atomic E-state index is 5.80. The van der Waals surface area contributed by atoms with Gasteiger partial charge in [-0.15, -0.1) is 11.3 Å². The molecule has 4 heteroatoms. The molecule has 0 bridgehead atoms. The SMILES string of the molecule is COc1cccc(-c2ccsc2N)n1. The Kier molecular flexibility index (Phi) is 2.37. The highest BCUT2D eigenvalue weighted by atomic mass is 32.1. The van der Waals surface area contributed by atoms with E-state index in [2.05, 4.69) is 4.98 Å². The Hall–Kier alpha value is -1.55. The molecule has 2 heterocycles. The van der Waals surface area contributed by atoms with Crippen LogP contribution in [0.4, 0.5) is 5.00 Å². The third-order valence-electron chi connectivity index (χ3n) is 1.90. The van der Waals surface area contributed by atoms with Gasteiger partial charge in [0.25, 0.3) is 0 Å². The van der Waals surface area contributed by atoms with Gasteiger partial charge in [-0.2, -0.15) is 0 Å². The van der Waals surface area contributed by atoms with E-state index in [4.69, 9.17) is 10.5 Å². The van der Waals surface area contributed by atoms with Crippen molar-refractivity contribution in [2.24, 2.45) is 0 Å². The molecule has 0 saturated heterocycles. The van der Waals surface area contributed by atoms with Crippen LogP contribution >= 0.6 is 11.3 Å². The van der Waals surface area contributed by atoms with Crippen molar-refractivity contribution < 1.29 is 4.74 Å². The fourth-order valence-corrected chi connectivity index (χ4v) is 1.86. The van der Waals surface area contributed by atoms with Crippen LogP contribution in [0.15, 0.2) is 29.6 Å². The van der Waals surface area contributed by atoms with E-state index in [1.54, 1.807) is 7.11 Å². The van der Waals surface area contributed by atoms with Crippen molar-refractivity contribution >= 4 is 16.3 Å². The van der Waals surface area contributed by atoms with Crippen molar-refractivity contribution in [3.05, 3.63) is 29.6 Å². The molecule has 14 heavy (non-hydrogen) atoms. The number of ether oxygens (including phenoxy) is 1. The lowest BCUT2D eigenvalue weighted by Gasteiger charge is -2.02. The molecule has 0 unspecified atom stereocenters. The van der Waals surface area contributed by atoms with Crippen molar-refractivity contribution in [3.8, 4) is 17.1 Å². The Morgan fingerprint density at radius 2 is 2.21 bits per heavy atom. The van der Waals surface area contributed by atoms with E-state index >= 15 is 0 Å². The van der Waals surface area contributed by atoms with Gasteiger partial charge in [-0.25, -0.2) is 4.98 Å². The summed E-state index contributed by atoms with van der Waals surface area (Å²) in [5.74, 6) is 0.605. The molecule has 0 aliphatic heterocycles. The van der Waals surface area contributed by atoms with Crippen LogP contribution < -0.4 is 10.5 Å². The van der Waals surface area contributed by atoms with Gasteiger partial charge in [-0.3, -0.25) is 0 Å². The summed E-state index contributed by atoms with van der Waals surface area (Å²) in [5, 5.41) is 2.73. The average molecular weight is 206 g/mol. The number of methoxy groups -OCH3 is 1. The van der Waals surface area contributed by atoms with E-state index in [0.717, 1.165) is 16.3 Å². The van der Waals surface area contributed by atoms with Gasteiger partial charge < -0.3 is 10.5 Å². The first-order valence-corrected chi connectivity index (χ1v) is 5.03. The fraction of sp³-hybridized carbons (Fsp3) is 0.100. The van der Waals surface area contributed by atoms with Crippen LogP contribution in [0, 0.1) is 0 Å². The molecule has 0 aliphatic carbocycles. The summed E-state index contributed by atoms with van der Waals surface area (Å²) in [6.07, 6.45) is 0. The van der Waals surface area contributed by atoms with E-state index in [1.165, 1.54) is 11.3 Å². The van der Waals surface area contributed by atoms with Crippen LogP contribution in [-0.4, -0.2) is 12.1 Å². The Balaban J connectivity index is 2.47. The van der Waals surface area contributed by atoms with E-state index in [-0.39, 0.29) is 0 Å². The van der Waals surface area contributed by atoms with Crippen LogP contribution in [0.5, 0.6) is 5.88 Å². The van der Waals surface area contributed by atoms with Crippen LogP contribution in [-0.2, 0) is 0 Å². The topological polar surface area (TPSA) is 48.1 Å². The van der Waals surface area contributed by atoms with E-state index < -0.39 is 0 Å². The minimum absolute atomic E-state index is 0.605. The molecule has 0 amide bonds. The third-order valence-corrected chi connectivity index (χ3v) is 2.65. The second-order valence-corrected chi connectivity index (χ2v) is 3.71. The first-order valence-electron chi connectivity index (χ1n) is 4.15. The first kappa shape index (κ1) is 9.02. The molecule has 0 aliphatic rings. The number of nitrogens with two attached hydrogens (primary N) is 1. The zero-order valence-electron chi connectivity index (χ0n) is 7.73. The number of nitrogen functional groups attached to an aromatic ring is 1. The highest BCUT2D eigenvalue weighted by Crippen LogP contribution is 2.29. The normalized spacial score (nSPS) is 10.1. The molecule has 0 radical (unpaired) electrons. The maximum absolute atomic E-state index is 5.80. The Morgan fingerprint density at radius 3 is 2.86 bits per heavy atom. The maximum Gasteiger partial charge on any atom is 0.213 e. The predicted octanol–water partition coefficient (Wildman–Crippen LogP) is 2.40. The highest BCUT2D eigenvalue weighted by Gasteiger charge is 2.05. The Labute approximate surface area is 86.2 Å². The molecule has 0 spiro atoms. The third kappa shape index (κ3) is 1.56. The van der Waals surface area contributed by atoms with Gasteiger partial charge in [0.05, 0.1) is 17.8 Å². The second kappa shape index (κ2) is 3.67. The van der Waals surface area contributed by atoms with Crippen molar-refractivity contribution in [2.45, 2.75) is 0 Å². The summed E-state index contributed by atoms with van der Waals surface area (Å²) in [7, 11) is 1.60. The van der Waals surface area contributed by atoms with Gasteiger partial charge in [0, 0.05) is 11.6 Å². The molecule has 3 nitrogen and oxygen atoms in total. The summed E-state index contributed by atoms with van der Waals surface area (Å²) in [6.45, 7) is 0. The largest absolute Gasteiger partial charge is 0.481 e. The molecule has 0 aromatic carbocycles. The fourth-order valence-electron chi connectivity index (χ4n) is 1.21. The number of hydrogen-bond donors (Lipinski definition) is 1. The zero-order valence-corrected chi connectivity index (χ0v) is 8.54. The number of anilines is 1. The van der Waals surface area contributed by atoms with E-state index in [9.17, 15) is 0 Å². The van der Waals surface area contributed by atoms with Gasteiger partial charge in [0.2, 0.25) is 5.88 Å². The molecular weight excluding hydrogens is 196 g/mol. The molecule has 0 atom stereocenters. The number of hydrogen-bond acceptors (Lipinski definition) is 4. The summed E-state index contributed by atoms with van der Waals surface area (Å²) in [4.78, 5) is 4.30. The van der Waals surface area contributed by atoms with Gasteiger partial charge in [0.1, 0.15) is 0 Å². The Bertz CT molecular complexity index is 439. The van der Waals surface area contributed by atoms with Gasteiger partial charge >= 0.3 is 0 Å². The quantitative estimate of drug-likeness (QED) is 0.820. The molecule has 72 valence electrons. The number of aromatic nitrogens is 1. The monoisotopic (exact) mass is 206 g/mol. The lowest BCUT2D eigenvalue weighted by Crippen LogP contribution is -1.90. The number of rotatable bonds is 2. The zero-order chi connectivity index (χ0) is 9.97.